The second kappa shape index (κ2) is 6.03. The molecule has 0 spiro atoms. The van der Waals surface area contributed by atoms with Gasteiger partial charge in [0.15, 0.2) is 0 Å². The third-order valence-electron chi connectivity index (χ3n) is 2.36. The van der Waals surface area contributed by atoms with E-state index in [0.29, 0.717) is 18.7 Å². The normalized spacial score (nSPS) is 10.1. The molecule has 1 aromatic heterocycles. The summed E-state index contributed by atoms with van der Waals surface area (Å²) in [6.07, 6.45) is 1.69. The van der Waals surface area contributed by atoms with Crippen LogP contribution in [0, 0.1) is 6.92 Å². The van der Waals surface area contributed by atoms with Gasteiger partial charge in [-0.05, 0) is 13.8 Å². The van der Waals surface area contributed by atoms with Crippen molar-refractivity contribution in [2.75, 3.05) is 20.2 Å². The summed E-state index contributed by atoms with van der Waals surface area (Å²) in [6, 6.07) is 0. The number of nitrogens with zero attached hydrogens (tertiary/aromatic N) is 2. The fraction of sp³-hybridized carbons (Fsp3) is 0.545. The predicted octanol–water partition coefficient (Wildman–Crippen LogP) is 0.743. The van der Waals surface area contributed by atoms with Crippen molar-refractivity contribution < 1.29 is 14.3 Å². The molecule has 0 radical (unpaired) electrons. The van der Waals surface area contributed by atoms with Gasteiger partial charge in [0.2, 0.25) is 0 Å². The van der Waals surface area contributed by atoms with Gasteiger partial charge in [-0.1, -0.05) is 0 Å². The van der Waals surface area contributed by atoms with Crippen LogP contribution in [0.4, 0.5) is 0 Å². The first kappa shape index (κ1) is 13.2. The van der Waals surface area contributed by atoms with Crippen LogP contribution in [0.5, 0.6) is 0 Å². The van der Waals surface area contributed by atoms with E-state index < -0.39 is 0 Å². The number of nitrogens with one attached hydrogen (secondary N) is 1. The van der Waals surface area contributed by atoms with Crippen LogP contribution in [0.25, 0.3) is 0 Å². The zero-order valence-electron chi connectivity index (χ0n) is 10.3. The highest BCUT2D eigenvalue weighted by molar-refractivity contribution is 5.95. The van der Waals surface area contributed by atoms with Gasteiger partial charge in [0.25, 0.3) is 5.91 Å². The topological polar surface area (TPSA) is 75.3 Å². The van der Waals surface area contributed by atoms with Gasteiger partial charge in [0.1, 0.15) is 0 Å². The van der Waals surface area contributed by atoms with E-state index in [2.05, 4.69) is 10.2 Å². The lowest BCUT2D eigenvalue weighted by Gasteiger charge is -2.15. The molecule has 1 aromatic rings. The minimum atomic E-state index is -0.295. The maximum atomic E-state index is 11.9. The van der Waals surface area contributed by atoms with Crippen LogP contribution in [-0.4, -0.2) is 47.2 Å². The van der Waals surface area contributed by atoms with Crippen molar-refractivity contribution in [3.8, 4) is 0 Å². The molecule has 6 nitrogen and oxygen atoms in total. The number of ether oxygens (including phenoxy) is 1. The molecule has 17 heavy (non-hydrogen) atoms. The summed E-state index contributed by atoms with van der Waals surface area (Å²) < 4.78 is 4.79. The number of hydrogen-bond donors (Lipinski definition) is 1. The van der Waals surface area contributed by atoms with Crippen molar-refractivity contribution in [3.05, 3.63) is 17.5 Å². The van der Waals surface area contributed by atoms with Gasteiger partial charge in [0.05, 0.1) is 24.8 Å². The Morgan fingerprint density at radius 3 is 2.76 bits per heavy atom. The molecule has 94 valence electrons. The Kier molecular flexibility index (Phi) is 4.68. The van der Waals surface area contributed by atoms with Crippen LogP contribution >= 0.6 is 0 Å². The van der Waals surface area contributed by atoms with Gasteiger partial charge in [-0.2, -0.15) is 5.10 Å². The summed E-state index contributed by atoms with van der Waals surface area (Å²) in [4.78, 5) is 24.5. The highest BCUT2D eigenvalue weighted by Crippen LogP contribution is 2.06. The molecule has 0 fully saturated rings. The number of H-pyrrole nitrogens is 1. The van der Waals surface area contributed by atoms with Crippen LogP contribution in [0.1, 0.15) is 29.4 Å². The number of rotatable bonds is 5. The summed E-state index contributed by atoms with van der Waals surface area (Å²) in [7, 11) is 1.65. The van der Waals surface area contributed by atoms with Gasteiger partial charge < -0.3 is 9.64 Å². The molecule has 1 amide bonds. The highest BCUT2D eigenvalue weighted by atomic mass is 16.5. The Morgan fingerprint density at radius 2 is 2.24 bits per heavy atom. The quantitative estimate of drug-likeness (QED) is 0.769. The number of amides is 1. The molecule has 6 heteroatoms. The summed E-state index contributed by atoms with van der Waals surface area (Å²) in [5.74, 6) is -0.448. The third kappa shape index (κ3) is 3.58. The van der Waals surface area contributed by atoms with Crippen molar-refractivity contribution in [2.24, 2.45) is 0 Å². The molecule has 1 heterocycles. The average molecular weight is 239 g/mol. The van der Waals surface area contributed by atoms with Crippen LogP contribution in [-0.2, 0) is 9.53 Å². The smallest absolute Gasteiger partial charge is 0.307 e. The van der Waals surface area contributed by atoms with Crippen molar-refractivity contribution >= 4 is 11.9 Å². The number of esters is 1. The van der Waals surface area contributed by atoms with E-state index in [-0.39, 0.29) is 18.3 Å². The number of aromatic amines is 1. The van der Waals surface area contributed by atoms with Crippen molar-refractivity contribution in [2.45, 2.75) is 20.3 Å². The van der Waals surface area contributed by atoms with E-state index in [0.717, 1.165) is 5.69 Å². The molecule has 0 atom stereocenters. The number of aromatic nitrogens is 2. The summed E-state index contributed by atoms with van der Waals surface area (Å²) >= 11 is 0. The van der Waals surface area contributed by atoms with Gasteiger partial charge in [-0.25, -0.2) is 0 Å². The second-order valence-electron chi connectivity index (χ2n) is 3.69. The van der Waals surface area contributed by atoms with Crippen molar-refractivity contribution in [1.29, 1.82) is 0 Å². The Balaban J connectivity index is 2.48. The first-order valence-electron chi connectivity index (χ1n) is 5.47. The van der Waals surface area contributed by atoms with Gasteiger partial charge in [-0.3, -0.25) is 14.7 Å². The molecule has 1 N–H and O–H groups in total. The Hall–Kier alpha value is -1.85. The van der Waals surface area contributed by atoms with E-state index >= 15 is 0 Å². The largest absolute Gasteiger partial charge is 0.466 e. The maximum absolute atomic E-state index is 11.9. The average Bonchev–Trinajstić information content (AvgIpc) is 2.71. The molecule has 0 saturated heterocycles. The molecule has 0 aliphatic rings. The molecule has 0 saturated carbocycles. The van der Waals surface area contributed by atoms with Crippen molar-refractivity contribution in [1.82, 2.24) is 15.1 Å². The zero-order chi connectivity index (χ0) is 12.8. The van der Waals surface area contributed by atoms with E-state index in [9.17, 15) is 9.59 Å². The maximum Gasteiger partial charge on any atom is 0.307 e. The lowest BCUT2D eigenvalue weighted by atomic mass is 10.2. The third-order valence-corrected chi connectivity index (χ3v) is 2.36. The van der Waals surface area contributed by atoms with Crippen LogP contribution in [0.2, 0.25) is 0 Å². The van der Waals surface area contributed by atoms with E-state index in [4.69, 9.17) is 4.74 Å². The number of carbonyl (C=O) groups excluding carboxylic acids is 2. The molecule has 1 rings (SSSR count). The monoisotopic (exact) mass is 239 g/mol. The predicted molar refractivity (Wildman–Crippen MR) is 61.5 cm³/mol. The van der Waals surface area contributed by atoms with Gasteiger partial charge >= 0.3 is 5.97 Å². The second-order valence-corrected chi connectivity index (χ2v) is 3.69. The molecule has 0 aromatic carbocycles. The molecular weight excluding hydrogens is 222 g/mol. The molecule has 0 aliphatic heterocycles. The highest BCUT2D eigenvalue weighted by Gasteiger charge is 2.16. The van der Waals surface area contributed by atoms with Gasteiger partial charge in [-0.15, -0.1) is 0 Å². The molecule has 0 unspecified atom stereocenters. The number of carbonyl (C=O) groups is 2. The summed E-state index contributed by atoms with van der Waals surface area (Å²) in [5, 5.41) is 6.49. The Bertz CT molecular complexity index is 400. The van der Waals surface area contributed by atoms with E-state index in [1.165, 1.54) is 11.1 Å². The summed E-state index contributed by atoms with van der Waals surface area (Å²) in [5.41, 5.74) is 1.24. The fourth-order valence-electron chi connectivity index (χ4n) is 1.37. The lowest BCUT2D eigenvalue weighted by molar-refractivity contribution is -0.143. The lowest BCUT2D eigenvalue weighted by Crippen LogP contribution is -2.29. The van der Waals surface area contributed by atoms with Gasteiger partial charge in [0, 0.05) is 19.3 Å². The Labute approximate surface area is 99.9 Å². The standard InChI is InChI=1S/C11H17N3O3/c1-4-17-10(15)5-6-14(3)11(16)9-7-12-13-8(9)2/h7H,4-6H2,1-3H3,(H,12,13). The number of aryl methyl sites for hydroxylation is 1. The van der Waals surface area contributed by atoms with Crippen LogP contribution in [0.15, 0.2) is 6.20 Å². The zero-order valence-corrected chi connectivity index (χ0v) is 10.3. The Morgan fingerprint density at radius 1 is 1.53 bits per heavy atom. The van der Waals surface area contributed by atoms with E-state index in [1.807, 2.05) is 0 Å². The molecule has 0 bridgehead atoms. The first-order chi connectivity index (χ1) is 8.06. The molecular formula is C11H17N3O3. The first-order valence-corrected chi connectivity index (χ1v) is 5.47. The van der Waals surface area contributed by atoms with E-state index in [1.54, 1.807) is 20.9 Å². The van der Waals surface area contributed by atoms with Crippen LogP contribution < -0.4 is 0 Å². The SMILES string of the molecule is CCOC(=O)CCN(C)C(=O)c1cn[nH]c1C. The minimum absolute atomic E-state index is 0.152. The molecule has 0 aliphatic carbocycles. The summed E-state index contributed by atoms with van der Waals surface area (Å²) in [6.45, 7) is 4.22. The van der Waals surface area contributed by atoms with Crippen molar-refractivity contribution in [3.63, 3.8) is 0 Å². The van der Waals surface area contributed by atoms with Crippen LogP contribution in [0.3, 0.4) is 0 Å². The minimum Gasteiger partial charge on any atom is -0.466 e. The number of hydrogen-bond acceptors (Lipinski definition) is 4. The fourth-order valence-corrected chi connectivity index (χ4v) is 1.37.